The first-order valence-electron chi connectivity index (χ1n) is 9.00. The van der Waals surface area contributed by atoms with Crippen molar-refractivity contribution in [3.8, 4) is 5.75 Å². The van der Waals surface area contributed by atoms with E-state index in [1.807, 2.05) is 39.0 Å². The molecule has 5 heteroatoms. The van der Waals surface area contributed by atoms with Crippen LogP contribution in [-0.2, 0) is 9.59 Å². The molecule has 1 aliphatic rings. The number of aromatic hydroxyl groups is 1. The van der Waals surface area contributed by atoms with Crippen molar-refractivity contribution in [1.82, 2.24) is 4.90 Å². The van der Waals surface area contributed by atoms with Gasteiger partial charge in [0.1, 0.15) is 11.5 Å². The number of aliphatic hydroxyl groups excluding tert-OH is 1. The number of likely N-dealkylation sites (tertiary alicyclic amines) is 1. The van der Waals surface area contributed by atoms with Crippen LogP contribution in [0, 0.1) is 13.8 Å². The highest BCUT2D eigenvalue weighted by Crippen LogP contribution is 2.40. The molecular weight excluding hydrogens is 342 g/mol. The molecule has 0 spiro atoms. The van der Waals surface area contributed by atoms with Crippen molar-refractivity contribution >= 4 is 17.4 Å². The van der Waals surface area contributed by atoms with E-state index < -0.39 is 17.7 Å². The van der Waals surface area contributed by atoms with Crippen LogP contribution in [0.15, 0.2) is 48.0 Å². The van der Waals surface area contributed by atoms with Crippen molar-refractivity contribution in [2.75, 3.05) is 6.54 Å². The van der Waals surface area contributed by atoms with Crippen LogP contribution in [0.25, 0.3) is 5.76 Å². The SMILES string of the molecule is CCCN1C(=O)C(=O)/C(=C(/O)c2cc(C)ccc2C)C1c1ccc(O)cc1. The van der Waals surface area contributed by atoms with Crippen molar-refractivity contribution in [1.29, 1.82) is 0 Å². The molecule has 2 aromatic carbocycles. The van der Waals surface area contributed by atoms with Gasteiger partial charge in [-0.2, -0.15) is 0 Å². The molecule has 2 N–H and O–H groups in total. The predicted octanol–water partition coefficient (Wildman–Crippen LogP) is 3.84. The Kier molecular flexibility index (Phi) is 5.04. The molecule has 140 valence electrons. The molecule has 1 fully saturated rings. The molecule has 1 unspecified atom stereocenters. The fourth-order valence-corrected chi connectivity index (χ4v) is 3.49. The van der Waals surface area contributed by atoms with Crippen LogP contribution in [0.5, 0.6) is 5.75 Å². The number of phenols is 1. The first-order valence-corrected chi connectivity index (χ1v) is 9.00. The van der Waals surface area contributed by atoms with E-state index >= 15 is 0 Å². The Balaban J connectivity index is 2.23. The van der Waals surface area contributed by atoms with Crippen LogP contribution in [0.4, 0.5) is 0 Å². The molecular formula is C22H23NO4. The Morgan fingerprint density at radius 3 is 2.37 bits per heavy atom. The van der Waals surface area contributed by atoms with E-state index in [9.17, 15) is 19.8 Å². The number of rotatable bonds is 4. The van der Waals surface area contributed by atoms with Gasteiger partial charge in [-0.1, -0.05) is 36.8 Å². The second kappa shape index (κ2) is 7.27. The second-order valence-corrected chi connectivity index (χ2v) is 6.90. The summed E-state index contributed by atoms with van der Waals surface area (Å²) in [6.07, 6.45) is 0.686. The van der Waals surface area contributed by atoms with Crippen molar-refractivity contribution in [2.24, 2.45) is 0 Å². The van der Waals surface area contributed by atoms with E-state index in [1.165, 1.54) is 17.0 Å². The molecule has 0 radical (unpaired) electrons. The van der Waals surface area contributed by atoms with Gasteiger partial charge in [-0.15, -0.1) is 0 Å². The third-order valence-corrected chi connectivity index (χ3v) is 4.86. The predicted molar refractivity (Wildman–Crippen MR) is 103 cm³/mol. The summed E-state index contributed by atoms with van der Waals surface area (Å²) in [6, 6.07) is 11.3. The lowest BCUT2D eigenvalue weighted by Gasteiger charge is -2.25. The zero-order chi connectivity index (χ0) is 19.7. The summed E-state index contributed by atoms with van der Waals surface area (Å²) in [5.41, 5.74) is 3.09. The normalized spacial score (nSPS) is 18.9. The van der Waals surface area contributed by atoms with E-state index in [0.29, 0.717) is 24.1 Å². The fourth-order valence-electron chi connectivity index (χ4n) is 3.49. The van der Waals surface area contributed by atoms with Gasteiger partial charge in [0.25, 0.3) is 11.7 Å². The van der Waals surface area contributed by atoms with Gasteiger partial charge in [-0.3, -0.25) is 9.59 Å². The Labute approximate surface area is 158 Å². The molecule has 0 bridgehead atoms. The minimum atomic E-state index is -0.681. The van der Waals surface area contributed by atoms with E-state index in [1.54, 1.807) is 12.1 Å². The van der Waals surface area contributed by atoms with E-state index in [4.69, 9.17) is 0 Å². The monoisotopic (exact) mass is 365 g/mol. The van der Waals surface area contributed by atoms with Crippen LogP contribution < -0.4 is 0 Å². The minimum absolute atomic E-state index is 0.0906. The summed E-state index contributed by atoms with van der Waals surface area (Å²) >= 11 is 0. The Morgan fingerprint density at radius 1 is 1.07 bits per heavy atom. The van der Waals surface area contributed by atoms with Crippen molar-refractivity contribution < 1.29 is 19.8 Å². The van der Waals surface area contributed by atoms with Gasteiger partial charge in [0.2, 0.25) is 0 Å². The van der Waals surface area contributed by atoms with Crippen LogP contribution in [0.2, 0.25) is 0 Å². The first kappa shape index (κ1) is 18.7. The standard InChI is InChI=1S/C22H23NO4/c1-4-11-23-19(15-7-9-16(24)10-8-15)18(21(26)22(23)27)20(25)17-12-13(2)5-6-14(17)3/h5-10,12,19,24-25H,4,11H2,1-3H3/b20-18+. The Morgan fingerprint density at radius 2 is 1.74 bits per heavy atom. The fraction of sp³-hybridized carbons (Fsp3) is 0.273. The number of carbonyl (C=O) groups excluding carboxylic acids is 2. The van der Waals surface area contributed by atoms with Crippen molar-refractivity contribution in [3.63, 3.8) is 0 Å². The summed E-state index contributed by atoms with van der Waals surface area (Å²) in [7, 11) is 0. The van der Waals surface area contributed by atoms with Crippen LogP contribution in [0.3, 0.4) is 0 Å². The third-order valence-electron chi connectivity index (χ3n) is 4.86. The van der Waals surface area contributed by atoms with Gasteiger partial charge in [0, 0.05) is 12.1 Å². The molecule has 1 heterocycles. The highest BCUT2D eigenvalue weighted by molar-refractivity contribution is 6.46. The second-order valence-electron chi connectivity index (χ2n) is 6.90. The summed E-state index contributed by atoms with van der Waals surface area (Å²) in [4.78, 5) is 26.9. The number of carbonyl (C=O) groups is 2. The molecule has 0 saturated carbocycles. The summed E-state index contributed by atoms with van der Waals surface area (Å²) in [5, 5.41) is 20.6. The average Bonchev–Trinajstić information content (AvgIpc) is 2.89. The Bertz CT molecular complexity index is 928. The quantitative estimate of drug-likeness (QED) is 0.490. The number of aryl methyl sites for hydroxylation is 2. The zero-order valence-corrected chi connectivity index (χ0v) is 15.7. The number of hydrogen-bond acceptors (Lipinski definition) is 4. The lowest BCUT2D eigenvalue weighted by atomic mass is 9.93. The maximum Gasteiger partial charge on any atom is 0.295 e. The molecule has 1 aliphatic heterocycles. The maximum absolute atomic E-state index is 12.8. The number of phenolic OH excluding ortho intramolecular Hbond substituents is 1. The number of benzene rings is 2. The minimum Gasteiger partial charge on any atom is -0.508 e. The van der Waals surface area contributed by atoms with E-state index in [0.717, 1.165) is 11.1 Å². The lowest BCUT2D eigenvalue weighted by Crippen LogP contribution is -2.30. The largest absolute Gasteiger partial charge is 0.508 e. The molecule has 1 saturated heterocycles. The van der Waals surface area contributed by atoms with Crippen LogP contribution in [-0.4, -0.2) is 33.3 Å². The van der Waals surface area contributed by atoms with E-state index in [-0.39, 0.29) is 17.1 Å². The highest BCUT2D eigenvalue weighted by atomic mass is 16.3. The van der Waals surface area contributed by atoms with Gasteiger partial charge in [0.15, 0.2) is 0 Å². The van der Waals surface area contributed by atoms with Crippen molar-refractivity contribution in [2.45, 2.75) is 33.2 Å². The molecule has 0 aromatic heterocycles. The number of Topliss-reactive ketones (excluding diaryl/α,β-unsaturated/α-hetero) is 1. The molecule has 1 amide bonds. The highest BCUT2D eigenvalue weighted by Gasteiger charge is 2.45. The molecule has 0 aliphatic carbocycles. The zero-order valence-electron chi connectivity index (χ0n) is 15.7. The molecule has 27 heavy (non-hydrogen) atoms. The number of nitrogens with zero attached hydrogens (tertiary/aromatic N) is 1. The smallest absolute Gasteiger partial charge is 0.295 e. The van der Waals surface area contributed by atoms with E-state index in [2.05, 4.69) is 0 Å². The number of aliphatic hydroxyl groups is 1. The summed E-state index contributed by atoms with van der Waals surface area (Å²) in [6.45, 7) is 6.09. The molecule has 5 nitrogen and oxygen atoms in total. The van der Waals surface area contributed by atoms with Gasteiger partial charge in [-0.25, -0.2) is 0 Å². The van der Waals surface area contributed by atoms with Gasteiger partial charge >= 0.3 is 0 Å². The number of amides is 1. The average molecular weight is 365 g/mol. The molecule has 3 rings (SSSR count). The van der Waals surface area contributed by atoms with Gasteiger partial charge < -0.3 is 15.1 Å². The molecule has 2 aromatic rings. The third kappa shape index (κ3) is 3.33. The first-order chi connectivity index (χ1) is 12.8. The maximum atomic E-state index is 12.8. The summed E-state index contributed by atoms with van der Waals surface area (Å²) in [5.74, 6) is -1.35. The van der Waals surface area contributed by atoms with Crippen LogP contribution in [0.1, 0.15) is 41.6 Å². The van der Waals surface area contributed by atoms with Gasteiger partial charge in [0.05, 0.1) is 11.6 Å². The van der Waals surface area contributed by atoms with Gasteiger partial charge in [-0.05, 0) is 49.6 Å². The van der Waals surface area contributed by atoms with Crippen LogP contribution >= 0.6 is 0 Å². The lowest BCUT2D eigenvalue weighted by molar-refractivity contribution is -0.139. The number of ketones is 1. The number of hydrogen-bond donors (Lipinski definition) is 2. The molecule has 1 atom stereocenters. The summed E-state index contributed by atoms with van der Waals surface area (Å²) < 4.78 is 0. The van der Waals surface area contributed by atoms with Crippen molar-refractivity contribution in [3.05, 3.63) is 70.3 Å². The Hall–Kier alpha value is -3.08. The topological polar surface area (TPSA) is 77.8 Å².